The Bertz CT molecular complexity index is 450. The summed E-state index contributed by atoms with van der Waals surface area (Å²) in [6, 6.07) is 2.85. The maximum atomic E-state index is 13.2. The molecule has 4 nitrogen and oxygen atoms in total. The zero-order valence-electron chi connectivity index (χ0n) is 10.9. The van der Waals surface area contributed by atoms with Crippen LogP contribution in [0, 0.1) is 17.0 Å². The average Bonchev–Trinajstić information content (AvgIpc) is 2.35. The van der Waals surface area contributed by atoms with Crippen molar-refractivity contribution in [3.05, 3.63) is 29.8 Å². The number of amides is 1. The molecule has 106 valence electrons. The summed E-state index contributed by atoms with van der Waals surface area (Å²) in [4.78, 5) is 11.4. The first-order chi connectivity index (χ1) is 8.84. The van der Waals surface area contributed by atoms with Crippen molar-refractivity contribution >= 4 is 5.91 Å². The topological polar surface area (TPSA) is 58.6 Å². The van der Waals surface area contributed by atoms with Crippen molar-refractivity contribution < 1.29 is 23.4 Å². The molecule has 0 unspecified atom stereocenters. The van der Waals surface area contributed by atoms with Crippen LogP contribution in [0.5, 0.6) is 5.75 Å². The van der Waals surface area contributed by atoms with Crippen LogP contribution in [0.1, 0.15) is 13.8 Å². The van der Waals surface area contributed by atoms with Gasteiger partial charge in [0.2, 0.25) is 0 Å². The molecule has 0 aromatic heterocycles. The summed E-state index contributed by atoms with van der Waals surface area (Å²) in [7, 11) is 0. The molecule has 1 amide bonds. The predicted molar refractivity (Wildman–Crippen MR) is 65.7 cm³/mol. The molecule has 0 heterocycles. The predicted octanol–water partition coefficient (Wildman–Crippen LogP) is 1.48. The third kappa shape index (κ3) is 5.21. The third-order valence-electron chi connectivity index (χ3n) is 2.44. The van der Waals surface area contributed by atoms with Gasteiger partial charge in [0, 0.05) is 24.6 Å². The van der Waals surface area contributed by atoms with Crippen LogP contribution < -0.4 is 10.1 Å². The van der Waals surface area contributed by atoms with Crippen LogP contribution in [-0.4, -0.2) is 30.8 Å². The summed E-state index contributed by atoms with van der Waals surface area (Å²) < 4.78 is 30.8. The van der Waals surface area contributed by atoms with Crippen molar-refractivity contribution in [2.45, 2.75) is 13.8 Å². The molecule has 0 aliphatic heterocycles. The lowest BCUT2D eigenvalue weighted by atomic mass is 9.95. The maximum Gasteiger partial charge on any atom is 0.257 e. The Hall–Kier alpha value is -1.69. The molecule has 0 saturated carbocycles. The van der Waals surface area contributed by atoms with E-state index in [1.54, 1.807) is 13.8 Å². The lowest BCUT2D eigenvalue weighted by Crippen LogP contribution is -2.38. The molecular weight excluding hydrogens is 256 g/mol. The lowest BCUT2D eigenvalue weighted by molar-refractivity contribution is -0.123. The van der Waals surface area contributed by atoms with Gasteiger partial charge in [0.1, 0.15) is 5.82 Å². The van der Waals surface area contributed by atoms with Gasteiger partial charge in [-0.05, 0) is 12.1 Å². The summed E-state index contributed by atoms with van der Waals surface area (Å²) in [5.74, 6) is -2.19. The van der Waals surface area contributed by atoms with Gasteiger partial charge >= 0.3 is 0 Å². The smallest absolute Gasteiger partial charge is 0.257 e. The molecule has 1 aromatic carbocycles. The summed E-state index contributed by atoms with van der Waals surface area (Å²) in [5, 5.41) is 11.6. The van der Waals surface area contributed by atoms with Crippen LogP contribution in [0.4, 0.5) is 8.78 Å². The third-order valence-corrected chi connectivity index (χ3v) is 2.44. The van der Waals surface area contributed by atoms with E-state index < -0.39 is 23.0 Å². The van der Waals surface area contributed by atoms with Crippen LogP contribution in [0.15, 0.2) is 18.2 Å². The van der Waals surface area contributed by atoms with Crippen molar-refractivity contribution in [1.82, 2.24) is 5.32 Å². The first kappa shape index (κ1) is 15.4. The second kappa shape index (κ2) is 6.47. The van der Waals surface area contributed by atoms with Crippen molar-refractivity contribution in [1.29, 1.82) is 0 Å². The number of aliphatic hydroxyl groups is 1. The highest BCUT2D eigenvalue weighted by molar-refractivity contribution is 5.77. The van der Waals surface area contributed by atoms with Crippen molar-refractivity contribution in [3.63, 3.8) is 0 Å². The Morgan fingerprint density at radius 1 is 1.42 bits per heavy atom. The molecule has 0 aliphatic rings. The van der Waals surface area contributed by atoms with Gasteiger partial charge in [-0.25, -0.2) is 8.78 Å². The van der Waals surface area contributed by atoms with E-state index in [2.05, 4.69) is 5.32 Å². The number of carbonyl (C=O) groups is 1. The minimum atomic E-state index is -0.858. The fourth-order valence-corrected chi connectivity index (χ4v) is 1.18. The Kier molecular flexibility index (Phi) is 5.23. The molecule has 1 aromatic rings. The molecule has 2 N–H and O–H groups in total. The van der Waals surface area contributed by atoms with E-state index in [1.165, 1.54) is 0 Å². The number of benzene rings is 1. The number of hydrogen-bond acceptors (Lipinski definition) is 3. The van der Waals surface area contributed by atoms with Crippen LogP contribution in [-0.2, 0) is 4.79 Å². The second-order valence-corrected chi connectivity index (χ2v) is 4.96. The molecule has 0 radical (unpaired) electrons. The quantitative estimate of drug-likeness (QED) is 0.825. The minimum Gasteiger partial charge on any atom is -0.481 e. The number of halogens is 2. The molecule has 0 spiro atoms. The molecule has 0 atom stereocenters. The first-order valence-electron chi connectivity index (χ1n) is 5.79. The largest absolute Gasteiger partial charge is 0.481 e. The number of hydrogen-bond donors (Lipinski definition) is 2. The zero-order chi connectivity index (χ0) is 14.5. The molecule has 19 heavy (non-hydrogen) atoms. The Balaban J connectivity index is 2.42. The van der Waals surface area contributed by atoms with Crippen molar-refractivity contribution in [2.24, 2.45) is 5.41 Å². The Labute approximate surface area is 110 Å². The van der Waals surface area contributed by atoms with Crippen LogP contribution >= 0.6 is 0 Å². The molecule has 0 bridgehead atoms. The number of rotatable bonds is 6. The van der Waals surface area contributed by atoms with E-state index in [9.17, 15) is 13.6 Å². The van der Waals surface area contributed by atoms with E-state index in [4.69, 9.17) is 9.84 Å². The Morgan fingerprint density at radius 2 is 2.11 bits per heavy atom. The molecule has 0 fully saturated rings. The first-order valence-corrected chi connectivity index (χ1v) is 5.79. The van der Waals surface area contributed by atoms with Crippen molar-refractivity contribution in [2.75, 3.05) is 19.8 Å². The number of aliphatic hydroxyl groups excluding tert-OH is 1. The minimum absolute atomic E-state index is 0.0687. The highest BCUT2D eigenvalue weighted by atomic mass is 19.1. The van der Waals surface area contributed by atoms with Gasteiger partial charge in [-0.2, -0.15) is 0 Å². The second-order valence-electron chi connectivity index (χ2n) is 4.96. The van der Waals surface area contributed by atoms with Gasteiger partial charge in [-0.3, -0.25) is 4.79 Å². The normalized spacial score (nSPS) is 11.2. The summed E-state index contributed by atoms with van der Waals surface area (Å²) >= 11 is 0. The van der Waals surface area contributed by atoms with E-state index in [-0.39, 0.29) is 25.5 Å². The fraction of sp³-hybridized carbons (Fsp3) is 0.462. The summed E-state index contributed by atoms with van der Waals surface area (Å²) in [5.41, 5.74) is -0.434. The number of carbonyl (C=O) groups excluding carboxylic acids is 1. The Morgan fingerprint density at radius 3 is 2.68 bits per heavy atom. The zero-order valence-corrected chi connectivity index (χ0v) is 10.9. The number of ether oxygens (including phenoxy) is 1. The van der Waals surface area contributed by atoms with E-state index in [0.29, 0.717) is 6.07 Å². The highest BCUT2D eigenvalue weighted by Crippen LogP contribution is 2.17. The number of nitrogens with one attached hydrogen (secondary N) is 1. The average molecular weight is 273 g/mol. The fourth-order valence-electron chi connectivity index (χ4n) is 1.18. The van der Waals surface area contributed by atoms with Gasteiger partial charge in [-0.15, -0.1) is 0 Å². The van der Waals surface area contributed by atoms with Gasteiger partial charge in [0.25, 0.3) is 5.91 Å². The van der Waals surface area contributed by atoms with Gasteiger partial charge in [0.05, 0.1) is 0 Å². The summed E-state index contributed by atoms with van der Waals surface area (Å²) in [6.07, 6.45) is 0. The van der Waals surface area contributed by atoms with E-state index >= 15 is 0 Å². The van der Waals surface area contributed by atoms with Gasteiger partial charge in [0.15, 0.2) is 18.2 Å². The molecule has 1 rings (SSSR count). The maximum absolute atomic E-state index is 13.2. The van der Waals surface area contributed by atoms with Crippen LogP contribution in [0.25, 0.3) is 0 Å². The van der Waals surface area contributed by atoms with E-state index in [1.807, 2.05) is 0 Å². The molecule has 6 heteroatoms. The monoisotopic (exact) mass is 273 g/mol. The van der Waals surface area contributed by atoms with Gasteiger partial charge < -0.3 is 15.2 Å². The molecule has 0 saturated heterocycles. The molecule has 0 aliphatic carbocycles. The standard InChI is InChI=1S/C13H17F2NO3/c1-13(2,8-17)7-16-12(18)6-19-11-4-3-9(14)5-10(11)15/h3-5,17H,6-8H2,1-2H3,(H,16,18). The van der Waals surface area contributed by atoms with E-state index in [0.717, 1.165) is 12.1 Å². The SMILES string of the molecule is CC(C)(CO)CNC(=O)COc1ccc(F)cc1F. The highest BCUT2D eigenvalue weighted by Gasteiger charge is 2.17. The molecular formula is C13H17F2NO3. The van der Waals surface area contributed by atoms with Gasteiger partial charge in [-0.1, -0.05) is 13.8 Å². The van der Waals surface area contributed by atoms with Crippen LogP contribution in [0.3, 0.4) is 0 Å². The van der Waals surface area contributed by atoms with Crippen LogP contribution in [0.2, 0.25) is 0 Å². The van der Waals surface area contributed by atoms with Crippen molar-refractivity contribution in [3.8, 4) is 5.75 Å². The lowest BCUT2D eigenvalue weighted by Gasteiger charge is -2.21. The summed E-state index contributed by atoms with van der Waals surface area (Å²) in [6.45, 7) is 3.41.